The van der Waals surface area contributed by atoms with E-state index in [-0.39, 0.29) is 11.6 Å². The third kappa shape index (κ3) is 2.73. The molecule has 1 aromatic carbocycles. The summed E-state index contributed by atoms with van der Waals surface area (Å²) < 4.78 is 0. The summed E-state index contributed by atoms with van der Waals surface area (Å²) in [6.45, 7) is 0. The lowest BCUT2D eigenvalue weighted by Crippen LogP contribution is -2.15. The van der Waals surface area contributed by atoms with Crippen LogP contribution in [0.15, 0.2) is 24.3 Å². The first-order valence-corrected chi connectivity index (χ1v) is 5.41. The van der Waals surface area contributed by atoms with E-state index in [0.717, 1.165) is 0 Å². The van der Waals surface area contributed by atoms with Crippen LogP contribution in [-0.4, -0.2) is 34.0 Å². The second kappa shape index (κ2) is 4.84. The van der Waals surface area contributed by atoms with Crippen LogP contribution >= 0.6 is 0 Å². The Kier molecular flexibility index (Phi) is 3.23. The molecule has 1 heterocycles. The maximum Gasteiger partial charge on any atom is 0.269 e. The summed E-state index contributed by atoms with van der Waals surface area (Å²) in [5.74, 6) is 0.916. The normalized spacial score (nSPS) is 10.2. The number of anilines is 2. The van der Waals surface area contributed by atoms with Crippen LogP contribution in [0.2, 0.25) is 0 Å². The van der Waals surface area contributed by atoms with Gasteiger partial charge in [0.15, 0.2) is 5.82 Å². The van der Waals surface area contributed by atoms with Crippen molar-refractivity contribution in [2.45, 2.75) is 0 Å². The number of aromatic nitrogens is 3. The Hall–Kier alpha value is -2.77. The number of nitrogens with two attached hydrogens (primary N) is 1. The van der Waals surface area contributed by atoms with Crippen LogP contribution in [0.4, 0.5) is 17.6 Å². The Labute approximate surface area is 109 Å². The van der Waals surface area contributed by atoms with E-state index in [2.05, 4.69) is 15.0 Å². The summed E-state index contributed by atoms with van der Waals surface area (Å²) in [5.41, 5.74) is 6.27. The van der Waals surface area contributed by atoms with Gasteiger partial charge in [-0.05, 0) is 12.1 Å². The molecule has 0 saturated heterocycles. The lowest BCUT2D eigenvalue weighted by Gasteiger charge is -2.11. The molecule has 2 aromatic rings. The molecule has 0 fully saturated rings. The number of hydrogen-bond acceptors (Lipinski definition) is 7. The van der Waals surface area contributed by atoms with Crippen LogP contribution in [0, 0.1) is 10.1 Å². The van der Waals surface area contributed by atoms with Crippen LogP contribution in [0.5, 0.6) is 0 Å². The average Bonchev–Trinajstić information content (AvgIpc) is 2.38. The Balaban J connectivity index is 2.43. The molecule has 0 saturated carbocycles. The highest BCUT2D eigenvalue weighted by atomic mass is 16.6. The van der Waals surface area contributed by atoms with Gasteiger partial charge in [0.2, 0.25) is 11.9 Å². The third-order valence-electron chi connectivity index (χ3n) is 2.38. The Morgan fingerprint density at radius 3 is 2.32 bits per heavy atom. The fraction of sp³-hybridized carbons (Fsp3) is 0.182. The van der Waals surface area contributed by atoms with Crippen LogP contribution in [0.3, 0.4) is 0 Å². The summed E-state index contributed by atoms with van der Waals surface area (Å²) in [7, 11) is 3.57. The van der Waals surface area contributed by atoms with E-state index in [4.69, 9.17) is 5.73 Å². The number of nitrogen functional groups attached to an aromatic ring is 1. The lowest BCUT2D eigenvalue weighted by atomic mass is 10.2. The molecule has 0 radical (unpaired) electrons. The zero-order valence-electron chi connectivity index (χ0n) is 10.4. The van der Waals surface area contributed by atoms with Crippen molar-refractivity contribution in [3.63, 3.8) is 0 Å². The summed E-state index contributed by atoms with van der Waals surface area (Å²) in [6.07, 6.45) is 0. The van der Waals surface area contributed by atoms with Gasteiger partial charge >= 0.3 is 0 Å². The molecule has 0 atom stereocenters. The van der Waals surface area contributed by atoms with Crippen molar-refractivity contribution >= 4 is 17.6 Å². The highest BCUT2D eigenvalue weighted by molar-refractivity contribution is 5.59. The zero-order chi connectivity index (χ0) is 14.0. The van der Waals surface area contributed by atoms with E-state index in [1.807, 2.05) is 0 Å². The van der Waals surface area contributed by atoms with E-state index in [1.165, 1.54) is 12.1 Å². The van der Waals surface area contributed by atoms with Crippen LogP contribution < -0.4 is 10.6 Å². The van der Waals surface area contributed by atoms with Gasteiger partial charge in [-0.25, -0.2) is 0 Å². The van der Waals surface area contributed by atoms with Crippen molar-refractivity contribution in [2.24, 2.45) is 0 Å². The molecule has 2 rings (SSSR count). The molecule has 0 aliphatic rings. The molecule has 8 nitrogen and oxygen atoms in total. The minimum atomic E-state index is -0.462. The van der Waals surface area contributed by atoms with Gasteiger partial charge in [0.1, 0.15) is 0 Å². The standard InChI is InChI=1S/C11H12N6O2/c1-16(2)11-14-9(13-10(12)15-11)7-3-5-8(6-4-7)17(18)19/h3-6H,1-2H3,(H2,12,13,14,15). The molecule has 98 valence electrons. The van der Waals surface area contributed by atoms with Crippen LogP contribution in [-0.2, 0) is 0 Å². The second-order valence-corrected chi connectivity index (χ2v) is 4.02. The predicted octanol–water partition coefficient (Wildman–Crippen LogP) is 1.09. The summed E-state index contributed by atoms with van der Waals surface area (Å²) in [5, 5.41) is 10.6. The lowest BCUT2D eigenvalue weighted by molar-refractivity contribution is -0.384. The largest absolute Gasteiger partial charge is 0.368 e. The second-order valence-electron chi connectivity index (χ2n) is 4.02. The van der Waals surface area contributed by atoms with Crippen molar-refractivity contribution in [3.8, 4) is 11.4 Å². The Morgan fingerprint density at radius 1 is 1.16 bits per heavy atom. The van der Waals surface area contributed by atoms with Crippen molar-refractivity contribution in [2.75, 3.05) is 24.7 Å². The Morgan fingerprint density at radius 2 is 1.79 bits per heavy atom. The molecule has 0 unspecified atom stereocenters. The van der Waals surface area contributed by atoms with Gasteiger partial charge in [0, 0.05) is 31.8 Å². The van der Waals surface area contributed by atoms with Gasteiger partial charge < -0.3 is 10.6 Å². The monoisotopic (exact) mass is 260 g/mol. The average molecular weight is 260 g/mol. The van der Waals surface area contributed by atoms with Crippen molar-refractivity contribution in [3.05, 3.63) is 34.4 Å². The topological polar surface area (TPSA) is 111 Å². The van der Waals surface area contributed by atoms with Gasteiger partial charge in [-0.2, -0.15) is 15.0 Å². The van der Waals surface area contributed by atoms with Gasteiger partial charge in [0.25, 0.3) is 5.69 Å². The maximum absolute atomic E-state index is 10.6. The van der Waals surface area contributed by atoms with Crippen molar-refractivity contribution < 1.29 is 4.92 Å². The molecular weight excluding hydrogens is 248 g/mol. The van der Waals surface area contributed by atoms with E-state index in [9.17, 15) is 10.1 Å². The van der Waals surface area contributed by atoms with Crippen LogP contribution in [0.25, 0.3) is 11.4 Å². The zero-order valence-corrected chi connectivity index (χ0v) is 10.4. The number of nitro groups is 1. The SMILES string of the molecule is CN(C)c1nc(N)nc(-c2ccc([N+](=O)[O-])cc2)n1. The van der Waals surface area contributed by atoms with Gasteiger partial charge in [0.05, 0.1) is 4.92 Å². The molecular formula is C11H12N6O2. The molecule has 1 aromatic heterocycles. The number of nitro benzene ring substituents is 1. The number of benzene rings is 1. The van der Waals surface area contributed by atoms with Gasteiger partial charge in [-0.3, -0.25) is 10.1 Å². The highest BCUT2D eigenvalue weighted by Crippen LogP contribution is 2.21. The fourth-order valence-electron chi connectivity index (χ4n) is 1.44. The molecule has 0 aliphatic heterocycles. The van der Waals surface area contributed by atoms with E-state index in [1.54, 1.807) is 31.1 Å². The smallest absolute Gasteiger partial charge is 0.269 e. The van der Waals surface area contributed by atoms with E-state index < -0.39 is 4.92 Å². The van der Waals surface area contributed by atoms with Crippen LogP contribution in [0.1, 0.15) is 0 Å². The van der Waals surface area contributed by atoms with Crippen molar-refractivity contribution in [1.82, 2.24) is 15.0 Å². The van der Waals surface area contributed by atoms with E-state index in [0.29, 0.717) is 17.3 Å². The predicted molar refractivity (Wildman–Crippen MR) is 70.7 cm³/mol. The van der Waals surface area contributed by atoms with Gasteiger partial charge in [-0.15, -0.1) is 0 Å². The number of hydrogen-bond donors (Lipinski definition) is 1. The van der Waals surface area contributed by atoms with Crippen molar-refractivity contribution in [1.29, 1.82) is 0 Å². The first kappa shape index (κ1) is 12.7. The maximum atomic E-state index is 10.6. The molecule has 8 heteroatoms. The minimum absolute atomic E-state index is 0.0126. The first-order chi connectivity index (χ1) is 8.97. The molecule has 0 aliphatic carbocycles. The number of nitrogens with zero attached hydrogens (tertiary/aromatic N) is 5. The first-order valence-electron chi connectivity index (χ1n) is 5.41. The minimum Gasteiger partial charge on any atom is -0.368 e. The third-order valence-corrected chi connectivity index (χ3v) is 2.38. The molecule has 0 spiro atoms. The van der Waals surface area contributed by atoms with Gasteiger partial charge in [-0.1, -0.05) is 0 Å². The quantitative estimate of drug-likeness (QED) is 0.649. The number of non-ortho nitro benzene ring substituents is 1. The summed E-state index contributed by atoms with van der Waals surface area (Å²) in [4.78, 5) is 24.1. The summed E-state index contributed by atoms with van der Waals surface area (Å²) >= 11 is 0. The summed E-state index contributed by atoms with van der Waals surface area (Å²) in [6, 6.07) is 5.94. The highest BCUT2D eigenvalue weighted by Gasteiger charge is 2.10. The molecule has 2 N–H and O–H groups in total. The molecule has 0 bridgehead atoms. The fourth-order valence-corrected chi connectivity index (χ4v) is 1.44. The Bertz CT molecular complexity index is 611. The number of rotatable bonds is 3. The molecule has 0 amide bonds. The molecule has 19 heavy (non-hydrogen) atoms. The van der Waals surface area contributed by atoms with E-state index >= 15 is 0 Å².